The maximum absolute atomic E-state index is 13.0. The van der Waals surface area contributed by atoms with Crippen LogP contribution >= 0.6 is 11.3 Å². The number of thiazole rings is 1. The molecule has 2 aromatic carbocycles. The molecule has 158 valence electrons. The van der Waals surface area contributed by atoms with Crippen molar-refractivity contribution in [2.24, 2.45) is 5.92 Å². The third-order valence-electron chi connectivity index (χ3n) is 5.73. The summed E-state index contributed by atoms with van der Waals surface area (Å²) in [7, 11) is -3.61. The van der Waals surface area contributed by atoms with Gasteiger partial charge in [0.1, 0.15) is 0 Å². The summed E-state index contributed by atoms with van der Waals surface area (Å²) < 4.78 is 28.4. The minimum Gasteiger partial charge on any atom is -0.302 e. The lowest BCUT2D eigenvalue weighted by Gasteiger charge is -2.31. The molecule has 3 aromatic rings. The van der Waals surface area contributed by atoms with Crippen molar-refractivity contribution < 1.29 is 13.2 Å². The maximum Gasteiger partial charge on any atom is 0.243 e. The van der Waals surface area contributed by atoms with Gasteiger partial charge in [0.15, 0.2) is 5.13 Å². The highest BCUT2D eigenvalue weighted by Crippen LogP contribution is 2.31. The molecular weight excluding hydrogens is 418 g/mol. The van der Waals surface area contributed by atoms with Crippen LogP contribution in [0, 0.1) is 26.7 Å². The second-order valence-corrected chi connectivity index (χ2v) is 10.8. The molecule has 4 rings (SSSR count). The van der Waals surface area contributed by atoms with Gasteiger partial charge in [-0.1, -0.05) is 35.1 Å². The van der Waals surface area contributed by atoms with Gasteiger partial charge in [0.25, 0.3) is 0 Å². The van der Waals surface area contributed by atoms with Crippen molar-refractivity contribution in [2.45, 2.75) is 38.5 Å². The SMILES string of the molecule is Cc1ccc(S(=O)(=O)N2CCCC(C(=O)Nc3nc4c(C)c(C)ccc4s3)C2)cc1. The van der Waals surface area contributed by atoms with Crippen LogP contribution in [0.5, 0.6) is 0 Å². The Morgan fingerprint density at radius 3 is 2.60 bits per heavy atom. The second-order valence-electron chi connectivity index (χ2n) is 7.88. The largest absolute Gasteiger partial charge is 0.302 e. The topological polar surface area (TPSA) is 79.4 Å². The van der Waals surface area contributed by atoms with Crippen LogP contribution in [0.2, 0.25) is 0 Å². The molecule has 0 bridgehead atoms. The number of piperidine rings is 1. The van der Waals surface area contributed by atoms with Gasteiger partial charge in [-0.15, -0.1) is 0 Å². The number of fused-ring (bicyclic) bond motifs is 1. The Hall–Kier alpha value is -2.29. The molecule has 0 radical (unpaired) electrons. The number of rotatable bonds is 4. The molecule has 1 saturated heterocycles. The molecule has 8 heteroatoms. The highest BCUT2D eigenvalue weighted by molar-refractivity contribution is 7.89. The lowest BCUT2D eigenvalue weighted by molar-refractivity contribution is -0.120. The zero-order valence-electron chi connectivity index (χ0n) is 17.3. The highest BCUT2D eigenvalue weighted by Gasteiger charge is 2.33. The van der Waals surface area contributed by atoms with Gasteiger partial charge in [-0.2, -0.15) is 4.31 Å². The zero-order chi connectivity index (χ0) is 21.5. The van der Waals surface area contributed by atoms with E-state index in [1.807, 2.05) is 26.8 Å². The van der Waals surface area contributed by atoms with E-state index in [1.165, 1.54) is 15.6 Å². The van der Waals surface area contributed by atoms with E-state index in [0.717, 1.165) is 26.9 Å². The van der Waals surface area contributed by atoms with Gasteiger partial charge in [0.2, 0.25) is 15.9 Å². The van der Waals surface area contributed by atoms with Crippen molar-refractivity contribution in [1.82, 2.24) is 9.29 Å². The van der Waals surface area contributed by atoms with Gasteiger partial charge in [-0.25, -0.2) is 13.4 Å². The van der Waals surface area contributed by atoms with Crippen LogP contribution in [0.25, 0.3) is 10.2 Å². The quantitative estimate of drug-likeness (QED) is 0.653. The highest BCUT2D eigenvalue weighted by atomic mass is 32.2. The average Bonchev–Trinajstić information content (AvgIpc) is 3.14. The number of amides is 1. The Morgan fingerprint density at radius 1 is 1.13 bits per heavy atom. The summed E-state index contributed by atoms with van der Waals surface area (Å²) in [5.74, 6) is -0.568. The minimum atomic E-state index is -3.61. The predicted molar refractivity (Wildman–Crippen MR) is 120 cm³/mol. The lowest BCUT2D eigenvalue weighted by atomic mass is 9.99. The standard InChI is InChI=1S/C22H25N3O3S2/c1-14-6-9-18(10-7-14)30(27,28)25-12-4-5-17(13-25)21(26)24-22-23-20-16(3)15(2)8-11-19(20)29-22/h6-11,17H,4-5,12-13H2,1-3H3,(H,23,24,26). The Morgan fingerprint density at radius 2 is 1.87 bits per heavy atom. The lowest BCUT2D eigenvalue weighted by Crippen LogP contribution is -2.43. The van der Waals surface area contributed by atoms with Crippen molar-refractivity contribution in [1.29, 1.82) is 0 Å². The molecule has 30 heavy (non-hydrogen) atoms. The van der Waals surface area contributed by atoms with E-state index in [1.54, 1.807) is 24.3 Å². The summed E-state index contributed by atoms with van der Waals surface area (Å²) in [4.78, 5) is 17.7. The molecule has 0 saturated carbocycles. The van der Waals surface area contributed by atoms with Crippen LogP contribution in [-0.4, -0.2) is 36.7 Å². The second kappa shape index (κ2) is 8.09. The van der Waals surface area contributed by atoms with Gasteiger partial charge >= 0.3 is 0 Å². The zero-order valence-corrected chi connectivity index (χ0v) is 18.9. The van der Waals surface area contributed by atoms with Crippen LogP contribution in [0.15, 0.2) is 41.3 Å². The third-order valence-corrected chi connectivity index (χ3v) is 8.54. The van der Waals surface area contributed by atoms with E-state index >= 15 is 0 Å². The van der Waals surface area contributed by atoms with E-state index in [-0.39, 0.29) is 17.3 Å². The fourth-order valence-corrected chi connectivity index (χ4v) is 6.17. The Labute approximate surface area is 181 Å². The first-order chi connectivity index (χ1) is 14.3. The summed E-state index contributed by atoms with van der Waals surface area (Å²) in [5, 5.41) is 3.47. The van der Waals surface area contributed by atoms with Gasteiger partial charge in [0, 0.05) is 13.1 Å². The molecule has 1 atom stereocenters. The molecule has 1 aliphatic rings. The summed E-state index contributed by atoms with van der Waals surface area (Å²) in [5.41, 5.74) is 4.18. The fourth-order valence-electron chi connectivity index (χ4n) is 3.72. The van der Waals surface area contributed by atoms with Gasteiger partial charge < -0.3 is 5.32 Å². The summed E-state index contributed by atoms with van der Waals surface area (Å²) in [6, 6.07) is 10.9. The van der Waals surface area contributed by atoms with Crippen LogP contribution in [-0.2, 0) is 14.8 Å². The molecule has 1 aliphatic heterocycles. The van der Waals surface area contributed by atoms with Crippen molar-refractivity contribution in [2.75, 3.05) is 18.4 Å². The molecule has 2 heterocycles. The summed E-state index contributed by atoms with van der Waals surface area (Å²) >= 11 is 1.44. The number of carbonyl (C=O) groups excluding carboxylic acids is 1. The van der Waals surface area contributed by atoms with Crippen LogP contribution < -0.4 is 5.32 Å². The normalized spacial score (nSPS) is 17.9. The minimum absolute atomic E-state index is 0.174. The summed E-state index contributed by atoms with van der Waals surface area (Å²) in [6.45, 7) is 6.60. The number of nitrogens with one attached hydrogen (secondary N) is 1. The van der Waals surface area contributed by atoms with E-state index in [2.05, 4.69) is 16.4 Å². The Kier molecular flexibility index (Phi) is 5.65. The smallest absolute Gasteiger partial charge is 0.243 e. The molecule has 1 unspecified atom stereocenters. The van der Waals surface area contributed by atoms with Crippen molar-refractivity contribution in [3.05, 3.63) is 53.1 Å². The van der Waals surface area contributed by atoms with Crippen molar-refractivity contribution in [3.63, 3.8) is 0 Å². The molecule has 1 N–H and O–H groups in total. The first-order valence-electron chi connectivity index (χ1n) is 10.00. The molecule has 1 fully saturated rings. The maximum atomic E-state index is 13.0. The third kappa shape index (κ3) is 3.99. The van der Waals surface area contributed by atoms with Crippen LogP contribution in [0.3, 0.4) is 0 Å². The number of aryl methyl sites for hydroxylation is 3. The van der Waals surface area contributed by atoms with Gasteiger partial charge in [0.05, 0.1) is 21.0 Å². The first-order valence-corrected chi connectivity index (χ1v) is 12.3. The van der Waals surface area contributed by atoms with E-state index < -0.39 is 15.9 Å². The Balaban J connectivity index is 1.50. The number of benzene rings is 2. The molecule has 6 nitrogen and oxygen atoms in total. The monoisotopic (exact) mass is 443 g/mol. The van der Waals surface area contributed by atoms with E-state index in [4.69, 9.17) is 0 Å². The fraction of sp³-hybridized carbons (Fsp3) is 0.364. The number of nitrogens with zero attached hydrogens (tertiary/aromatic N) is 2. The number of anilines is 1. The predicted octanol–water partition coefficient (Wildman–Crippen LogP) is 4.26. The van der Waals surface area contributed by atoms with Crippen molar-refractivity contribution in [3.8, 4) is 0 Å². The number of hydrogen-bond acceptors (Lipinski definition) is 5. The molecule has 1 amide bonds. The average molecular weight is 444 g/mol. The number of sulfonamides is 1. The summed E-state index contributed by atoms with van der Waals surface area (Å²) in [6.07, 6.45) is 1.32. The number of hydrogen-bond donors (Lipinski definition) is 1. The van der Waals surface area contributed by atoms with Gasteiger partial charge in [-0.05, 0) is 62.9 Å². The molecular formula is C22H25N3O3S2. The molecule has 0 spiro atoms. The molecule has 1 aromatic heterocycles. The molecule has 0 aliphatic carbocycles. The number of carbonyl (C=O) groups is 1. The van der Waals surface area contributed by atoms with Gasteiger partial charge in [-0.3, -0.25) is 4.79 Å². The van der Waals surface area contributed by atoms with Crippen LogP contribution in [0.4, 0.5) is 5.13 Å². The van der Waals surface area contributed by atoms with E-state index in [9.17, 15) is 13.2 Å². The first kappa shape index (κ1) is 21.0. The van der Waals surface area contributed by atoms with Crippen molar-refractivity contribution >= 4 is 42.6 Å². The number of aromatic nitrogens is 1. The Bertz CT molecular complexity index is 1200. The van der Waals surface area contributed by atoms with Crippen LogP contribution in [0.1, 0.15) is 29.5 Å². The van der Waals surface area contributed by atoms with E-state index in [0.29, 0.717) is 24.5 Å².